The Morgan fingerprint density at radius 2 is 1.04 bits per heavy atom. The first-order valence-electron chi connectivity index (χ1n) is 8.38. The molecule has 1 aromatic rings. The first-order valence-corrected chi connectivity index (χ1v) is 8.38. The van der Waals surface area contributed by atoms with Crippen LogP contribution in [-0.4, -0.2) is 17.5 Å². The molecule has 0 spiro atoms. The van der Waals surface area contributed by atoms with Crippen LogP contribution in [0.2, 0.25) is 0 Å². The number of ether oxygens (including phenoxy) is 2. The summed E-state index contributed by atoms with van der Waals surface area (Å²) in [6.07, 6.45) is -0.177. The minimum atomic E-state index is -2.36. The summed E-state index contributed by atoms with van der Waals surface area (Å²) in [6, 6.07) is 0. The molecule has 0 aliphatic carbocycles. The molecule has 158 valence electrons. The van der Waals surface area contributed by atoms with E-state index >= 15 is 0 Å². The van der Waals surface area contributed by atoms with E-state index in [0.29, 0.717) is 0 Å². The highest BCUT2D eigenvalue weighted by Crippen LogP contribution is 2.38. The molecule has 4 nitrogen and oxygen atoms in total. The zero-order valence-electron chi connectivity index (χ0n) is 16.7. The van der Waals surface area contributed by atoms with Crippen LogP contribution in [0.3, 0.4) is 0 Å². The maximum atomic E-state index is 13.7. The molecule has 0 bridgehead atoms. The Morgan fingerprint density at radius 3 is 1.43 bits per heavy atom. The van der Waals surface area contributed by atoms with Gasteiger partial charge in [0.15, 0.2) is 0 Å². The van der Waals surface area contributed by atoms with Gasteiger partial charge in [0.2, 0.25) is 34.8 Å². The monoisotopic (exact) mass is 410 g/mol. The molecule has 0 aromatic heterocycles. The van der Waals surface area contributed by atoms with Gasteiger partial charge in [0.05, 0.1) is 10.8 Å². The lowest BCUT2D eigenvalue weighted by molar-refractivity contribution is -0.168. The molecule has 9 heteroatoms. The molecule has 0 amide bonds. The van der Waals surface area contributed by atoms with Crippen molar-refractivity contribution in [1.29, 1.82) is 0 Å². The number of carbonyl (C=O) groups excluding carboxylic acids is 2. The van der Waals surface area contributed by atoms with Crippen LogP contribution in [0.4, 0.5) is 22.0 Å². The average molecular weight is 410 g/mol. The number of esters is 2. The standard InChI is InChI=1S/C19H23F5O4/c1-17(2,3)28-16(26)19(6,7)8-18(4,5)15(25)27-14-12(23)10(21)9(20)11(22)13(14)24/h8H2,1-7H3. The molecule has 0 atom stereocenters. The normalized spacial score (nSPS) is 12.7. The Bertz CT molecular complexity index is 765. The molecule has 0 radical (unpaired) electrons. The van der Waals surface area contributed by atoms with Gasteiger partial charge < -0.3 is 9.47 Å². The summed E-state index contributed by atoms with van der Waals surface area (Å²) >= 11 is 0. The van der Waals surface area contributed by atoms with Gasteiger partial charge >= 0.3 is 11.9 Å². The van der Waals surface area contributed by atoms with Gasteiger partial charge in [-0.25, -0.2) is 13.2 Å². The third-order valence-corrected chi connectivity index (χ3v) is 3.75. The van der Waals surface area contributed by atoms with E-state index in [4.69, 9.17) is 4.74 Å². The Labute approximate surface area is 160 Å². The molecule has 0 aliphatic heterocycles. The van der Waals surface area contributed by atoms with E-state index in [-0.39, 0.29) is 6.42 Å². The zero-order valence-corrected chi connectivity index (χ0v) is 16.7. The summed E-state index contributed by atoms with van der Waals surface area (Å²) in [7, 11) is 0. The molecule has 0 unspecified atom stereocenters. The number of halogens is 5. The van der Waals surface area contributed by atoms with Crippen LogP contribution in [0.5, 0.6) is 5.75 Å². The van der Waals surface area contributed by atoms with Crippen LogP contribution in [0.25, 0.3) is 0 Å². The van der Waals surface area contributed by atoms with Crippen molar-refractivity contribution in [2.45, 2.75) is 60.5 Å². The van der Waals surface area contributed by atoms with Crippen LogP contribution < -0.4 is 4.74 Å². The minimum absolute atomic E-state index is 0.177. The highest BCUT2D eigenvalue weighted by Gasteiger charge is 2.43. The Hall–Kier alpha value is -2.19. The van der Waals surface area contributed by atoms with E-state index in [1.165, 1.54) is 27.7 Å². The van der Waals surface area contributed by atoms with Gasteiger partial charge in [0, 0.05) is 0 Å². The van der Waals surface area contributed by atoms with Crippen molar-refractivity contribution in [3.8, 4) is 5.75 Å². The predicted octanol–water partition coefficient (Wildman–Crippen LogP) is 5.07. The van der Waals surface area contributed by atoms with Crippen molar-refractivity contribution >= 4 is 11.9 Å². The van der Waals surface area contributed by atoms with E-state index in [9.17, 15) is 31.5 Å². The van der Waals surface area contributed by atoms with E-state index in [1.807, 2.05) is 0 Å². The van der Waals surface area contributed by atoms with Crippen molar-refractivity contribution in [1.82, 2.24) is 0 Å². The van der Waals surface area contributed by atoms with Gasteiger partial charge in [-0.1, -0.05) is 0 Å². The molecule has 0 N–H and O–H groups in total. The fourth-order valence-electron chi connectivity index (χ4n) is 2.57. The quantitative estimate of drug-likeness (QED) is 0.224. The number of carbonyl (C=O) groups is 2. The Kier molecular flexibility index (Phi) is 6.54. The molecule has 0 aliphatic rings. The highest BCUT2D eigenvalue weighted by molar-refractivity contribution is 5.81. The second kappa shape index (κ2) is 7.67. The molecule has 28 heavy (non-hydrogen) atoms. The van der Waals surface area contributed by atoms with E-state index in [2.05, 4.69) is 4.74 Å². The number of rotatable bonds is 5. The summed E-state index contributed by atoms with van der Waals surface area (Å²) in [4.78, 5) is 24.7. The molecule has 0 fully saturated rings. The molecule has 0 heterocycles. The van der Waals surface area contributed by atoms with Crippen molar-refractivity contribution in [2.75, 3.05) is 0 Å². The van der Waals surface area contributed by atoms with Gasteiger partial charge in [-0.05, 0) is 54.9 Å². The number of hydrogen-bond acceptors (Lipinski definition) is 4. The van der Waals surface area contributed by atoms with Crippen molar-refractivity contribution in [3.63, 3.8) is 0 Å². The lowest BCUT2D eigenvalue weighted by Gasteiger charge is -2.33. The van der Waals surface area contributed by atoms with Crippen LogP contribution >= 0.6 is 0 Å². The predicted molar refractivity (Wildman–Crippen MR) is 89.9 cm³/mol. The van der Waals surface area contributed by atoms with Gasteiger partial charge in [0.1, 0.15) is 5.60 Å². The largest absolute Gasteiger partial charge is 0.460 e. The topological polar surface area (TPSA) is 52.6 Å². The number of hydrogen-bond donors (Lipinski definition) is 0. The first kappa shape index (κ1) is 23.8. The molecule has 1 aromatic carbocycles. The Morgan fingerprint density at radius 1 is 0.679 bits per heavy atom. The van der Waals surface area contributed by atoms with Crippen molar-refractivity contribution < 1.29 is 41.0 Å². The number of benzene rings is 1. The van der Waals surface area contributed by atoms with Gasteiger partial charge in [-0.2, -0.15) is 8.78 Å². The van der Waals surface area contributed by atoms with Gasteiger partial charge in [-0.15, -0.1) is 0 Å². The van der Waals surface area contributed by atoms with E-state index in [1.54, 1.807) is 20.8 Å². The fourth-order valence-corrected chi connectivity index (χ4v) is 2.57. The lowest BCUT2D eigenvalue weighted by Crippen LogP contribution is -2.40. The molecule has 1 rings (SSSR count). The Balaban J connectivity index is 3.11. The SMILES string of the molecule is CC(C)(C)OC(=O)C(C)(C)CC(C)(C)C(=O)Oc1c(F)c(F)c(F)c(F)c1F. The minimum Gasteiger partial charge on any atom is -0.460 e. The van der Waals surface area contributed by atoms with Crippen LogP contribution in [0.1, 0.15) is 54.9 Å². The summed E-state index contributed by atoms with van der Waals surface area (Å²) < 4.78 is 76.9. The smallest absolute Gasteiger partial charge is 0.317 e. The summed E-state index contributed by atoms with van der Waals surface area (Å²) in [5.41, 5.74) is -3.50. The summed E-state index contributed by atoms with van der Waals surface area (Å²) in [5, 5.41) is 0. The maximum absolute atomic E-state index is 13.7. The third kappa shape index (κ3) is 5.20. The van der Waals surface area contributed by atoms with Gasteiger partial charge in [-0.3, -0.25) is 9.59 Å². The average Bonchev–Trinajstić information content (AvgIpc) is 2.52. The molecule has 0 saturated heterocycles. The first-order chi connectivity index (χ1) is 12.4. The molecule has 0 saturated carbocycles. The van der Waals surface area contributed by atoms with E-state index in [0.717, 1.165) is 0 Å². The fraction of sp³-hybridized carbons (Fsp3) is 0.579. The second-order valence-corrected chi connectivity index (χ2v) is 8.73. The summed E-state index contributed by atoms with van der Waals surface area (Å²) in [6.45, 7) is 10.6. The maximum Gasteiger partial charge on any atom is 0.317 e. The highest BCUT2D eigenvalue weighted by atomic mass is 19.2. The molecular weight excluding hydrogens is 387 g/mol. The van der Waals surface area contributed by atoms with Crippen molar-refractivity contribution in [2.24, 2.45) is 10.8 Å². The third-order valence-electron chi connectivity index (χ3n) is 3.75. The second-order valence-electron chi connectivity index (χ2n) is 8.73. The van der Waals surface area contributed by atoms with Crippen LogP contribution in [-0.2, 0) is 14.3 Å². The molecular formula is C19H23F5O4. The van der Waals surface area contributed by atoms with Crippen LogP contribution in [0, 0.1) is 39.9 Å². The lowest BCUT2D eigenvalue weighted by atomic mass is 9.75. The zero-order chi connectivity index (χ0) is 22.2. The summed E-state index contributed by atoms with van der Waals surface area (Å²) in [5.74, 6) is -14.9. The van der Waals surface area contributed by atoms with Gasteiger partial charge in [0.25, 0.3) is 0 Å². The van der Waals surface area contributed by atoms with Crippen LogP contribution in [0.15, 0.2) is 0 Å². The van der Waals surface area contributed by atoms with E-state index < -0.39 is 63.2 Å². The van der Waals surface area contributed by atoms with Crippen molar-refractivity contribution in [3.05, 3.63) is 29.1 Å².